The fraction of sp³-hybridized carbons (Fsp3) is 0.200. The molecule has 0 aromatic heterocycles. The summed E-state index contributed by atoms with van der Waals surface area (Å²) in [7, 11) is 0. The predicted molar refractivity (Wildman–Crippen MR) is 68.1 cm³/mol. The molecule has 0 aliphatic heterocycles. The molecule has 16 heavy (non-hydrogen) atoms. The smallest absolute Gasteiger partial charge is 0.0384 e. The van der Waals surface area contributed by atoms with Crippen molar-refractivity contribution in [2.45, 2.75) is 18.8 Å². The first kappa shape index (κ1) is 9.46. The number of anilines is 2. The van der Waals surface area contributed by atoms with Gasteiger partial charge in [-0.25, -0.2) is 0 Å². The zero-order chi connectivity index (χ0) is 10.8. The highest BCUT2D eigenvalue weighted by molar-refractivity contribution is 5.59. The quantitative estimate of drug-likeness (QED) is 0.794. The van der Waals surface area contributed by atoms with E-state index in [9.17, 15) is 0 Å². The van der Waals surface area contributed by atoms with Crippen LogP contribution in [-0.2, 0) is 0 Å². The van der Waals surface area contributed by atoms with Gasteiger partial charge in [0.15, 0.2) is 0 Å². The summed E-state index contributed by atoms with van der Waals surface area (Å²) in [5.41, 5.74) is 3.79. The van der Waals surface area contributed by atoms with Crippen LogP contribution in [0.1, 0.15) is 24.3 Å². The van der Waals surface area contributed by atoms with Gasteiger partial charge in [0.25, 0.3) is 0 Å². The van der Waals surface area contributed by atoms with Crippen LogP contribution in [0.2, 0.25) is 0 Å². The Morgan fingerprint density at radius 3 is 2.00 bits per heavy atom. The summed E-state index contributed by atoms with van der Waals surface area (Å²) in [6, 6.07) is 19.1. The molecule has 1 heteroatoms. The molecule has 1 aliphatic carbocycles. The molecule has 2 aromatic carbocycles. The van der Waals surface area contributed by atoms with Gasteiger partial charge in [0.2, 0.25) is 0 Å². The minimum atomic E-state index is 0.839. The molecule has 3 rings (SSSR count). The van der Waals surface area contributed by atoms with E-state index in [1.54, 1.807) is 0 Å². The van der Waals surface area contributed by atoms with E-state index in [1.807, 2.05) is 18.2 Å². The molecule has 1 aliphatic rings. The van der Waals surface area contributed by atoms with Gasteiger partial charge < -0.3 is 5.32 Å². The van der Waals surface area contributed by atoms with E-state index in [0.29, 0.717) is 0 Å². The molecule has 1 saturated carbocycles. The molecule has 0 atom stereocenters. The minimum Gasteiger partial charge on any atom is -0.356 e. The molecule has 1 N–H and O–H groups in total. The summed E-state index contributed by atoms with van der Waals surface area (Å²) in [6.45, 7) is 0. The van der Waals surface area contributed by atoms with Gasteiger partial charge in [-0.2, -0.15) is 0 Å². The molecule has 0 bridgehead atoms. The van der Waals surface area contributed by atoms with Gasteiger partial charge in [0, 0.05) is 11.4 Å². The zero-order valence-corrected chi connectivity index (χ0v) is 9.19. The molecule has 2 aromatic rings. The molecule has 1 nitrogen and oxygen atoms in total. The number of hydrogen-bond donors (Lipinski definition) is 1. The average Bonchev–Trinajstić information content (AvgIpc) is 3.15. The Morgan fingerprint density at radius 2 is 1.38 bits per heavy atom. The van der Waals surface area contributed by atoms with Crippen molar-refractivity contribution in [1.29, 1.82) is 0 Å². The van der Waals surface area contributed by atoms with Crippen molar-refractivity contribution in [3.63, 3.8) is 0 Å². The zero-order valence-electron chi connectivity index (χ0n) is 9.19. The maximum absolute atomic E-state index is 3.39. The molecular weight excluding hydrogens is 194 g/mol. The van der Waals surface area contributed by atoms with E-state index >= 15 is 0 Å². The van der Waals surface area contributed by atoms with Crippen molar-refractivity contribution in [3.8, 4) is 0 Å². The van der Waals surface area contributed by atoms with Crippen molar-refractivity contribution in [2.75, 3.05) is 5.32 Å². The number of para-hydroxylation sites is 1. The van der Waals surface area contributed by atoms with Gasteiger partial charge in [-0.15, -0.1) is 0 Å². The first-order chi connectivity index (χ1) is 7.92. The summed E-state index contributed by atoms with van der Waals surface area (Å²) < 4.78 is 0. The Morgan fingerprint density at radius 1 is 0.750 bits per heavy atom. The minimum absolute atomic E-state index is 0.839. The molecule has 0 radical (unpaired) electrons. The van der Waals surface area contributed by atoms with E-state index in [0.717, 1.165) is 17.3 Å². The largest absolute Gasteiger partial charge is 0.356 e. The van der Waals surface area contributed by atoms with Crippen molar-refractivity contribution in [2.24, 2.45) is 0 Å². The average molecular weight is 209 g/mol. The van der Waals surface area contributed by atoms with Crippen LogP contribution in [0.3, 0.4) is 0 Å². The van der Waals surface area contributed by atoms with Crippen molar-refractivity contribution < 1.29 is 0 Å². The third-order valence-corrected chi connectivity index (χ3v) is 3.02. The lowest BCUT2D eigenvalue weighted by atomic mass is 10.1. The van der Waals surface area contributed by atoms with Crippen LogP contribution in [-0.4, -0.2) is 0 Å². The molecule has 0 amide bonds. The van der Waals surface area contributed by atoms with Gasteiger partial charge >= 0.3 is 0 Å². The fourth-order valence-corrected chi connectivity index (χ4v) is 1.94. The van der Waals surface area contributed by atoms with Crippen LogP contribution in [0.5, 0.6) is 0 Å². The second-order valence-corrected chi connectivity index (χ2v) is 4.39. The second-order valence-electron chi connectivity index (χ2n) is 4.39. The van der Waals surface area contributed by atoms with Crippen molar-refractivity contribution in [1.82, 2.24) is 0 Å². The lowest BCUT2D eigenvalue weighted by Gasteiger charge is -2.06. The highest BCUT2D eigenvalue weighted by Gasteiger charge is 2.22. The second kappa shape index (κ2) is 4.01. The van der Waals surface area contributed by atoms with E-state index in [2.05, 4.69) is 41.7 Å². The van der Waals surface area contributed by atoms with Crippen LogP contribution < -0.4 is 5.32 Å². The van der Waals surface area contributed by atoms with Gasteiger partial charge in [0.1, 0.15) is 0 Å². The molecule has 80 valence electrons. The summed E-state index contributed by atoms with van der Waals surface area (Å²) >= 11 is 0. The summed E-state index contributed by atoms with van der Waals surface area (Å²) in [5, 5.41) is 3.39. The molecule has 1 fully saturated rings. The third-order valence-electron chi connectivity index (χ3n) is 3.02. The Balaban J connectivity index is 1.75. The number of hydrogen-bond acceptors (Lipinski definition) is 1. The number of benzene rings is 2. The highest BCUT2D eigenvalue weighted by atomic mass is 14.9. The molecule has 0 heterocycles. The SMILES string of the molecule is c1ccc(Nc2ccc(C3CC3)cc2)cc1. The van der Waals surface area contributed by atoms with Crippen LogP contribution in [0.4, 0.5) is 11.4 Å². The number of rotatable bonds is 3. The van der Waals surface area contributed by atoms with E-state index in [1.165, 1.54) is 18.4 Å². The summed E-state index contributed by atoms with van der Waals surface area (Å²) in [4.78, 5) is 0. The topological polar surface area (TPSA) is 12.0 Å². The molecule has 0 unspecified atom stereocenters. The maximum Gasteiger partial charge on any atom is 0.0384 e. The first-order valence-corrected chi connectivity index (χ1v) is 5.84. The standard InChI is InChI=1S/C15H15N/c1-2-4-14(5-3-1)16-15-10-8-13(9-11-15)12-6-7-12/h1-5,8-12,16H,6-7H2. The highest BCUT2D eigenvalue weighted by Crippen LogP contribution is 2.40. The molecular formula is C15H15N. The fourth-order valence-electron chi connectivity index (χ4n) is 1.94. The Kier molecular flexibility index (Phi) is 2.37. The number of nitrogens with one attached hydrogen (secondary N) is 1. The van der Waals surface area contributed by atoms with Crippen molar-refractivity contribution >= 4 is 11.4 Å². The van der Waals surface area contributed by atoms with Crippen LogP contribution in [0, 0.1) is 0 Å². The van der Waals surface area contributed by atoms with E-state index in [-0.39, 0.29) is 0 Å². The van der Waals surface area contributed by atoms with Gasteiger partial charge in [-0.1, -0.05) is 30.3 Å². The first-order valence-electron chi connectivity index (χ1n) is 5.84. The van der Waals surface area contributed by atoms with Gasteiger partial charge in [0.05, 0.1) is 0 Å². The summed E-state index contributed by atoms with van der Waals surface area (Å²) in [6.07, 6.45) is 2.73. The van der Waals surface area contributed by atoms with Gasteiger partial charge in [-0.05, 0) is 48.6 Å². The monoisotopic (exact) mass is 209 g/mol. The summed E-state index contributed by atoms with van der Waals surface area (Å²) in [5.74, 6) is 0.839. The van der Waals surface area contributed by atoms with Gasteiger partial charge in [-0.3, -0.25) is 0 Å². The van der Waals surface area contributed by atoms with Crippen molar-refractivity contribution in [3.05, 3.63) is 60.2 Å². The maximum atomic E-state index is 3.39. The normalized spacial score (nSPS) is 14.8. The van der Waals surface area contributed by atoms with E-state index in [4.69, 9.17) is 0 Å². The van der Waals surface area contributed by atoms with Crippen LogP contribution in [0.25, 0.3) is 0 Å². The Hall–Kier alpha value is -1.76. The molecule has 0 spiro atoms. The lowest BCUT2D eigenvalue weighted by molar-refractivity contribution is 1.13. The Bertz CT molecular complexity index is 455. The Labute approximate surface area is 96.1 Å². The molecule has 0 saturated heterocycles. The van der Waals surface area contributed by atoms with Crippen LogP contribution in [0.15, 0.2) is 54.6 Å². The third kappa shape index (κ3) is 2.08. The predicted octanol–water partition coefficient (Wildman–Crippen LogP) is 4.31. The lowest BCUT2D eigenvalue weighted by Crippen LogP contribution is -1.89. The van der Waals surface area contributed by atoms with E-state index < -0.39 is 0 Å². The van der Waals surface area contributed by atoms with Crippen LogP contribution >= 0.6 is 0 Å².